The van der Waals surface area contributed by atoms with Gasteiger partial charge in [0.1, 0.15) is 29.2 Å². The van der Waals surface area contributed by atoms with E-state index in [2.05, 4.69) is 56.9 Å². The lowest BCUT2D eigenvalue weighted by molar-refractivity contribution is 0.100. The summed E-state index contributed by atoms with van der Waals surface area (Å²) in [7, 11) is 0. The molecule has 2 aliphatic carbocycles. The molecule has 3 aliphatic rings. The lowest BCUT2D eigenvalue weighted by atomic mass is 10.0. The molecule has 0 radical (unpaired) electrons. The Kier molecular flexibility index (Phi) is 25.2. The zero-order valence-electron chi connectivity index (χ0n) is 34.2. The highest BCUT2D eigenvalue weighted by Crippen LogP contribution is 2.46. The van der Waals surface area contributed by atoms with Crippen molar-refractivity contribution >= 4 is 11.6 Å². The minimum atomic E-state index is -0.639. The minimum Gasteiger partial charge on any atom is -0.508 e. The van der Waals surface area contributed by atoms with Crippen LogP contribution < -0.4 is 4.74 Å². The van der Waals surface area contributed by atoms with Gasteiger partial charge in [0.25, 0.3) is 0 Å². The monoisotopic (exact) mass is 762 g/mol. The molecule has 1 heterocycles. The van der Waals surface area contributed by atoms with Crippen molar-refractivity contribution < 1.29 is 42.0 Å². The van der Waals surface area contributed by atoms with Gasteiger partial charge >= 0.3 is 0 Å². The second-order valence-corrected chi connectivity index (χ2v) is 13.9. The smallest absolute Gasteiger partial charge is 0.162 e. The third-order valence-corrected chi connectivity index (χ3v) is 9.19. The van der Waals surface area contributed by atoms with Crippen molar-refractivity contribution in [2.24, 2.45) is 0 Å². The maximum atomic E-state index is 14.3. The highest BCUT2D eigenvalue weighted by atomic mass is 19.1. The van der Waals surface area contributed by atoms with Crippen molar-refractivity contribution in [2.45, 2.75) is 151 Å². The predicted molar refractivity (Wildman–Crippen MR) is 222 cm³/mol. The molecule has 6 rings (SSSR count). The number of rotatable bonds is 12. The lowest BCUT2D eigenvalue weighted by Gasteiger charge is -2.19. The van der Waals surface area contributed by atoms with Crippen LogP contribution in [0.3, 0.4) is 0 Å². The summed E-state index contributed by atoms with van der Waals surface area (Å²) in [6, 6.07) is 16.0. The molecular formula is C45H73F2NO6. The third kappa shape index (κ3) is 17.2. The van der Waals surface area contributed by atoms with E-state index in [0.29, 0.717) is 23.1 Å². The van der Waals surface area contributed by atoms with Crippen LogP contribution in [-0.2, 0) is 6.54 Å². The zero-order chi connectivity index (χ0) is 38.6. The molecule has 0 spiro atoms. The number of hydrogen-bond donors (Lipinski definition) is 1. The number of carbonyl (C=O) groups excluding carboxylic acids is 2. The molecular weight excluding hydrogens is 688 g/mol. The average Bonchev–Trinajstić information content (AvgIpc) is 4.07. The van der Waals surface area contributed by atoms with Crippen LogP contribution in [0.2, 0.25) is 0 Å². The van der Waals surface area contributed by atoms with Crippen molar-refractivity contribution in [1.29, 1.82) is 0 Å². The fraction of sp³-hybridized carbons (Fsp3) is 0.556. The van der Waals surface area contributed by atoms with Gasteiger partial charge in [-0.3, -0.25) is 14.5 Å². The summed E-state index contributed by atoms with van der Waals surface area (Å²) in [6.07, 6.45) is 13.4. The Labute approximate surface area is 327 Å². The van der Waals surface area contributed by atoms with Gasteiger partial charge in [0.2, 0.25) is 0 Å². The minimum absolute atomic E-state index is 0. The maximum absolute atomic E-state index is 14.3. The number of likely N-dealkylation sites (tertiary alicyclic amines) is 1. The lowest BCUT2D eigenvalue weighted by Crippen LogP contribution is -2.25. The van der Waals surface area contributed by atoms with E-state index in [1.807, 2.05) is 19.9 Å². The van der Waals surface area contributed by atoms with E-state index in [4.69, 9.17) is 4.74 Å². The normalized spacial score (nSPS) is 15.5. The fourth-order valence-electron chi connectivity index (χ4n) is 5.99. The van der Waals surface area contributed by atoms with Crippen molar-refractivity contribution in [1.82, 2.24) is 4.90 Å². The number of Topliss-reactive ketones (excluding diaryl/α,β-unsaturated/α-hetero) is 2. The number of halogens is 2. The summed E-state index contributed by atoms with van der Waals surface area (Å²) >= 11 is 0. The predicted octanol–water partition coefficient (Wildman–Crippen LogP) is 11.4. The highest BCUT2D eigenvalue weighted by molar-refractivity contribution is 5.95. The van der Waals surface area contributed by atoms with Gasteiger partial charge in [0, 0.05) is 34.6 Å². The van der Waals surface area contributed by atoms with Gasteiger partial charge in [0.15, 0.2) is 11.6 Å². The molecule has 0 unspecified atom stereocenters. The van der Waals surface area contributed by atoms with Gasteiger partial charge in [-0.25, -0.2) is 8.78 Å². The molecule has 1 saturated heterocycles. The summed E-state index contributed by atoms with van der Waals surface area (Å²) in [5.41, 5.74) is 3.25. The highest BCUT2D eigenvalue weighted by Gasteiger charge is 2.31. The Morgan fingerprint density at radius 3 is 1.65 bits per heavy atom. The van der Waals surface area contributed by atoms with Crippen molar-refractivity contribution in [3.05, 3.63) is 94.0 Å². The molecule has 0 bridgehead atoms. The van der Waals surface area contributed by atoms with E-state index < -0.39 is 11.6 Å². The first kappa shape index (κ1) is 50.3. The van der Waals surface area contributed by atoms with Gasteiger partial charge in [-0.1, -0.05) is 110 Å². The molecule has 1 aliphatic heterocycles. The van der Waals surface area contributed by atoms with E-state index in [9.17, 15) is 23.5 Å². The van der Waals surface area contributed by atoms with Gasteiger partial charge in [0.05, 0.1) is 11.1 Å². The molecule has 2 saturated carbocycles. The summed E-state index contributed by atoms with van der Waals surface area (Å²) in [5.74, 6) is -0.332. The van der Waals surface area contributed by atoms with Gasteiger partial charge < -0.3 is 20.8 Å². The first-order valence-electron chi connectivity index (χ1n) is 19.8. The third-order valence-electron chi connectivity index (χ3n) is 9.19. The SMILES string of the molecule is CC.CC(=O)c1cc(C2CC2)c(O)cc1F.CC(=O)c1cc(C2CC2)c(O[C@@H]2CCN(Cc3ccccc3)C2)cc1F.CCCCC.CCCCC.O.O.[HH].[HH]. The van der Waals surface area contributed by atoms with Crippen LogP contribution >= 0.6 is 0 Å². The molecule has 9 heteroatoms. The largest absolute Gasteiger partial charge is 0.508 e. The number of benzene rings is 3. The zero-order valence-corrected chi connectivity index (χ0v) is 34.2. The van der Waals surface area contributed by atoms with Crippen molar-refractivity contribution in [3.8, 4) is 11.5 Å². The van der Waals surface area contributed by atoms with E-state index in [1.165, 1.54) is 70.1 Å². The molecule has 0 amide bonds. The first-order valence-corrected chi connectivity index (χ1v) is 19.8. The Morgan fingerprint density at radius 2 is 1.20 bits per heavy atom. The summed E-state index contributed by atoms with van der Waals surface area (Å²) in [4.78, 5) is 25.1. The average molecular weight is 762 g/mol. The molecule has 54 heavy (non-hydrogen) atoms. The number of phenols is 1. The maximum Gasteiger partial charge on any atom is 0.162 e. The summed E-state index contributed by atoms with van der Waals surface area (Å²) < 4.78 is 33.7. The number of ketones is 2. The molecule has 308 valence electrons. The second-order valence-electron chi connectivity index (χ2n) is 13.9. The number of ether oxygens (including phenoxy) is 1. The first-order chi connectivity index (χ1) is 25.0. The van der Waals surface area contributed by atoms with E-state index in [0.717, 1.165) is 63.4 Å². The van der Waals surface area contributed by atoms with E-state index in [-0.39, 0.29) is 48.4 Å². The topological polar surface area (TPSA) is 130 Å². The standard InChI is InChI=1S/C22H24FNO2.C11H11FO2.2C5H12.C2H6.2H2O.2H2/c1-15(25)19-11-20(17-7-8-17)22(12-21(19)23)26-18-9-10-24(14-18)13-16-5-3-2-4-6-16;1-6(13)8-4-9(7-2-3-7)11(14)5-10(8)12;2*1-3-5-4-2;1-2;;;;/h2-6,11-12,17-18H,7-10,13-14H2,1H3;4-5,7,14H,2-3H2,1H3;2*3-5H2,1-2H3;1-2H3;2*1H2;2*1H/t18-;;;;;;;;/m1......../s1. The molecule has 5 N–H and O–H groups in total. The van der Waals surface area contributed by atoms with Crippen LogP contribution in [0, 0.1) is 11.6 Å². The number of carbonyl (C=O) groups is 2. The van der Waals surface area contributed by atoms with Crippen molar-refractivity contribution in [3.63, 3.8) is 0 Å². The van der Waals surface area contributed by atoms with Crippen LogP contribution in [0.1, 0.15) is 178 Å². The van der Waals surface area contributed by atoms with Gasteiger partial charge in [-0.05, 0) is 86.6 Å². The Hall–Kier alpha value is -3.66. The van der Waals surface area contributed by atoms with E-state index >= 15 is 0 Å². The van der Waals surface area contributed by atoms with Crippen LogP contribution in [-0.4, -0.2) is 51.7 Å². The summed E-state index contributed by atoms with van der Waals surface area (Å²) in [6.45, 7) is 18.3. The Balaban J connectivity index is -0.000000795. The number of aromatic hydroxyl groups is 1. The Bertz CT molecular complexity index is 1510. The number of phenolic OH excluding ortho intramolecular Hbond substituents is 1. The number of unbranched alkanes of at least 4 members (excludes halogenated alkanes) is 4. The number of nitrogens with zero attached hydrogens (tertiary/aromatic N) is 1. The molecule has 0 aromatic heterocycles. The number of hydrogen-bond acceptors (Lipinski definition) is 5. The van der Waals surface area contributed by atoms with Gasteiger partial charge in [-0.15, -0.1) is 0 Å². The van der Waals surface area contributed by atoms with Crippen LogP contribution in [0.15, 0.2) is 54.6 Å². The van der Waals surface area contributed by atoms with Crippen LogP contribution in [0.25, 0.3) is 0 Å². The van der Waals surface area contributed by atoms with Crippen molar-refractivity contribution in [2.75, 3.05) is 13.1 Å². The molecule has 3 aromatic rings. The molecule has 3 fully saturated rings. The fourth-order valence-corrected chi connectivity index (χ4v) is 5.99. The Morgan fingerprint density at radius 1 is 0.741 bits per heavy atom. The second kappa shape index (κ2) is 27.0. The summed E-state index contributed by atoms with van der Waals surface area (Å²) in [5, 5.41) is 9.46. The molecule has 1 atom stereocenters. The quantitative estimate of drug-likeness (QED) is 0.184. The van der Waals surface area contributed by atoms with Crippen LogP contribution in [0.5, 0.6) is 11.5 Å². The molecule has 3 aromatic carbocycles. The van der Waals surface area contributed by atoms with E-state index in [1.54, 1.807) is 6.07 Å². The van der Waals surface area contributed by atoms with Gasteiger partial charge in [-0.2, -0.15) is 0 Å². The molecule has 7 nitrogen and oxygen atoms in total. The van der Waals surface area contributed by atoms with Crippen LogP contribution in [0.4, 0.5) is 8.78 Å².